The van der Waals surface area contributed by atoms with Gasteiger partial charge in [-0.3, -0.25) is 4.79 Å². The number of piperidine rings is 1. The molecule has 2 fully saturated rings. The lowest BCUT2D eigenvalue weighted by Gasteiger charge is -2.38. The van der Waals surface area contributed by atoms with Crippen molar-refractivity contribution in [3.63, 3.8) is 0 Å². The molecule has 0 atom stereocenters. The first-order chi connectivity index (χ1) is 11.5. The first-order valence-corrected chi connectivity index (χ1v) is 9.33. The molecule has 3 rings (SSSR count). The number of hydrogen-bond donors (Lipinski definition) is 0. The van der Waals surface area contributed by atoms with Crippen LogP contribution in [0, 0.1) is 0 Å². The summed E-state index contributed by atoms with van der Waals surface area (Å²) in [7, 11) is 4.35. The van der Waals surface area contributed by atoms with Crippen molar-refractivity contribution >= 4 is 17.3 Å². The molecule has 0 radical (unpaired) electrons. The predicted octanol–water partition coefficient (Wildman–Crippen LogP) is 3.47. The van der Waals surface area contributed by atoms with E-state index in [0.29, 0.717) is 18.4 Å². The summed E-state index contributed by atoms with van der Waals surface area (Å²) in [6.07, 6.45) is 4.04. The fourth-order valence-corrected chi connectivity index (χ4v) is 3.91. The Bertz CT molecular complexity index is 589. The Morgan fingerprint density at radius 2 is 1.79 bits per heavy atom. The third kappa shape index (κ3) is 3.44. The maximum Gasteiger partial charge on any atom is 0.227 e. The third-order valence-corrected chi connectivity index (χ3v) is 5.57. The zero-order chi connectivity index (χ0) is 17.3. The van der Waals surface area contributed by atoms with Gasteiger partial charge in [-0.15, -0.1) is 0 Å². The van der Waals surface area contributed by atoms with Gasteiger partial charge < -0.3 is 14.7 Å². The summed E-state index contributed by atoms with van der Waals surface area (Å²) >= 11 is 0. The number of rotatable bonds is 4. The zero-order valence-corrected chi connectivity index (χ0v) is 15.6. The maximum absolute atomic E-state index is 12.3. The highest BCUT2D eigenvalue weighted by Gasteiger charge is 2.28. The molecule has 2 saturated heterocycles. The second kappa shape index (κ2) is 7.14. The van der Waals surface area contributed by atoms with Crippen LogP contribution in [0.3, 0.4) is 0 Å². The first-order valence-electron chi connectivity index (χ1n) is 9.33. The monoisotopic (exact) mass is 329 g/mol. The molecule has 132 valence electrons. The molecule has 4 nitrogen and oxygen atoms in total. The van der Waals surface area contributed by atoms with E-state index in [4.69, 9.17) is 0 Å². The molecule has 4 heteroatoms. The van der Waals surface area contributed by atoms with Crippen molar-refractivity contribution in [3.8, 4) is 0 Å². The standard InChI is InChI=1S/C20H31N3O/c1-15(2)16-7-8-18(19(14-16)23-11-5-6-20(23)24)22-12-9-17(10-13-22)21(3)4/h7-8,14-15,17H,5-6,9-13H2,1-4H3. The van der Waals surface area contributed by atoms with Gasteiger partial charge in [0.05, 0.1) is 11.4 Å². The Labute approximate surface area is 146 Å². The SMILES string of the molecule is CC(C)c1ccc(N2CCC(N(C)C)CC2)c(N2CCCC2=O)c1. The van der Waals surface area contributed by atoms with Crippen LogP contribution >= 0.6 is 0 Å². The molecule has 0 N–H and O–H groups in total. The molecule has 2 aliphatic rings. The van der Waals surface area contributed by atoms with Crippen molar-refractivity contribution < 1.29 is 4.79 Å². The zero-order valence-electron chi connectivity index (χ0n) is 15.6. The highest BCUT2D eigenvalue weighted by molar-refractivity contribution is 5.98. The molecule has 0 saturated carbocycles. The van der Waals surface area contributed by atoms with Crippen molar-refractivity contribution in [1.82, 2.24) is 4.90 Å². The average Bonchev–Trinajstić information content (AvgIpc) is 3.00. The Hall–Kier alpha value is -1.55. The van der Waals surface area contributed by atoms with E-state index < -0.39 is 0 Å². The second-order valence-electron chi connectivity index (χ2n) is 7.73. The van der Waals surface area contributed by atoms with Gasteiger partial charge in [-0.1, -0.05) is 19.9 Å². The number of carbonyl (C=O) groups excluding carboxylic acids is 1. The Kier molecular flexibility index (Phi) is 5.14. The van der Waals surface area contributed by atoms with Crippen LogP contribution in [-0.2, 0) is 4.79 Å². The summed E-state index contributed by atoms with van der Waals surface area (Å²) in [6.45, 7) is 7.43. The topological polar surface area (TPSA) is 26.8 Å². The minimum atomic E-state index is 0.278. The molecular weight excluding hydrogens is 298 g/mol. The second-order valence-corrected chi connectivity index (χ2v) is 7.73. The van der Waals surface area contributed by atoms with Gasteiger partial charge in [-0.05, 0) is 57.0 Å². The quantitative estimate of drug-likeness (QED) is 0.846. The van der Waals surface area contributed by atoms with E-state index in [1.54, 1.807) is 0 Å². The Morgan fingerprint density at radius 3 is 2.33 bits per heavy atom. The van der Waals surface area contributed by atoms with Crippen LogP contribution in [0.2, 0.25) is 0 Å². The molecule has 0 aliphatic carbocycles. The van der Waals surface area contributed by atoms with Crippen molar-refractivity contribution in [2.45, 2.75) is 51.5 Å². The molecule has 24 heavy (non-hydrogen) atoms. The van der Waals surface area contributed by atoms with Gasteiger partial charge >= 0.3 is 0 Å². The smallest absolute Gasteiger partial charge is 0.227 e. The lowest BCUT2D eigenvalue weighted by Crippen LogP contribution is -2.42. The van der Waals surface area contributed by atoms with Crippen molar-refractivity contribution in [1.29, 1.82) is 0 Å². The van der Waals surface area contributed by atoms with Crippen LogP contribution in [0.25, 0.3) is 0 Å². The lowest BCUT2D eigenvalue weighted by atomic mass is 9.99. The minimum absolute atomic E-state index is 0.278. The van der Waals surface area contributed by atoms with Crippen molar-refractivity contribution in [3.05, 3.63) is 23.8 Å². The van der Waals surface area contributed by atoms with E-state index in [-0.39, 0.29) is 5.91 Å². The maximum atomic E-state index is 12.3. The van der Waals surface area contributed by atoms with Gasteiger partial charge in [-0.2, -0.15) is 0 Å². The predicted molar refractivity (Wildman–Crippen MR) is 101 cm³/mol. The van der Waals surface area contributed by atoms with E-state index in [2.05, 4.69) is 55.9 Å². The van der Waals surface area contributed by atoms with E-state index in [1.165, 1.54) is 24.1 Å². The molecule has 1 amide bonds. The molecule has 2 aliphatic heterocycles. The average molecular weight is 329 g/mol. The summed E-state index contributed by atoms with van der Waals surface area (Å²) in [5.41, 5.74) is 3.69. The number of benzene rings is 1. The van der Waals surface area contributed by atoms with Crippen LogP contribution in [0.1, 0.15) is 51.0 Å². The van der Waals surface area contributed by atoms with E-state index in [0.717, 1.165) is 31.7 Å². The molecule has 0 spiro atoms. The molecule has 2 heterocycles. The number of amides is 1. The summed E-state index contributed by atoms with van der Waals surface area (Å²) in [6, 6.07) is 7.41. The summed E-state index contributed by atoms with van der Waals surface area (Å²) < 4.78 is 0. The van der Waals surface area contributed by atoms with E-state index >= 15 is 0 Å². The van der Waals surface area contributed by atoms with Gasteiger partial charge in [0, 0.05) is 32.1 Å². The molecule has 0 aromatic heterocycles. The summed E-state index contributed by atoms with van der Waals surface area (Å²) in [5.74, 6) is 0.760. The third-order valence-electron chi connectivity index (χ3n) is 5.57. The fourth-order valence-electron chi connectivity index (χ4n) is 3.91. The largest absolute Gasteiger partial charge is 0.370 e. The molecule has 0 bridgehead atoms. The summed E-state index contributed by atoms with van der Waals surface area (Å²) in [5, 5.41) is 0. The Balaban J connectivity index is 1.88. The van der Waals surface area contributed by atoms with Gasteiger partial charge in [-0.25, -0.2) is 0 Å². The van der Waals surface area contributed by atoms with E-state index in [1.807, 2.05) is 4.90 Å². The molecular formula is C20H31N3O. The number of carbonyl (C=O) groups is 1. The molecule has 1 aromatic rings. The highest BCUT2D eigenvalue weighted by Crippen LogP contribution is 2.36. The minimum Gasteiger partial charge on any atom is -0.370 e. The molecule has 0 unspecified atom stereocenters. The van der Waals surface area contributed by atoms with Gasteiger partial charge in [0.1, 0.15) is 0 Å². The van der Waals surface area contributed by atoms with Crippen molar-refractivity contribution in [2.24, 2.45) is 0 Å². The normalized spacial score (nSPS) is 19.8. The Morgan fingerprint density at radius 1 is 1.08 bits per heavy atom. The van der Waals surface area contributed by atoms with Crippen LogP contribution in [0.4, 0.5) is 11.4 Å². The molecule has 1 aromatic carbocycles. The van der Waals surface area contributed by atoms with Crippen molar-refractivity contribution in [2.75, 3.05) is 43.5 Å². The number of nitrogens with zero attached hydrogens (tertiary/aromatic N) is 3. The van der Waals surface area contributed by atoms with Crippen LogP contribution in [-0.4, -0.2) is 50.6 Å². The number of hydrogen-bond acceptors (Lipinski definition) is 3. The summed E-state index contributed by atoms with van der Waals surface area (Å²) in [4.78, 5) is 19.2. The van der Waals surface area contributed by atoms with Crippen LogP contribution in [0.5, 0.6) is 0 Å². The fraction of sp³-hybridized carbons (Fsp3) is 0.650. The van der Waals surface area contributed by atoms with Crippen LogP contribution in [0.15, 0.2) is 18.2 Å². The number of anilines is 2. The first kappa shape index (κ1) is 17.3. The van der Waals surface area contributed by atoms with Crippen LogP contribution < -0.4 is 9.80 Å². The van der Waals surface area contributed by atoms with Gasteiger partial charge in [0.25, 0.3) is 0 Å². The van der Waals surface area contributed by atoms with E-state index in [9.17, 15) is 4.79 Å². The van der Waals surface area contributed by atoms with Gasteiger partial charge in [0.2, 0.25) is 5.91 Å². The highest BCUT2D eigenvalue weighted by atomic mass is 16.2. The lowest BCUT2D eigenvalue weighted by molar-refractivity contribution is -0.117. The van der Waals surface area contributed by atoms with Gasteiger partial charge in [0.15, 0.2) is 0 Å².